The van der Waals surface area contributed by atoms with Gasteiger partial charge < -0.3 is 15.8 Å². The first kappa shape index (κ1) is 10.2. The zero-order chi connectivity index (χ0) is 9.68. The molecule has 0 aliphatic carbocycles. The van der Waals surface area contributed by atoms with E-state index in [9.17, 15) is 0 Å². The van der Waals surface area contributed by atoms with E-state index in [0.29, 0.717) is 22.7 Å². The number of nitrogens with one attached hydrogen (secondary N) is 2. The van der Waals surface area contributed by atoms with Crippen LogP contribution < -0.4 is 16.6 Å². The van der Waals surface area contributed by atoms with Gasteiger partial charge in [0.2, 0.25) is 0 Å². The van der Waals surface area contributed by atoms with E-state index in [2.05, 4.69) is 36.6 Å². The van der Waals surface area contributed by atoms with E-state index in [-0.39, 0.29) is 6.61 Å². The van der Waals surface area contributed by atoms with Crippen LogP contribution in [0.1, 0.15) is 0 Å². The molecule has 72 valence electrons. The number of rotatable bonds is 4. The highest BCUT2D eigenvalue weighted by Crippen LogP contribution is 2.25. The Kier molecular flexibility index (Phi) is 3.87. The topological polar surface area (TPSA) is 96.1 Å². The molecule has 1 rings (SSSR count). The number of anilines is 2. The van der Waals surface area contributed by atoms with Gasteiger partial charge in [0.05, 0.1) is 6.61 Å². The minimum absolute atomic E-state index is 0.0435. The number of aliphatic hydroxyl groups is 1. The summed E-state index contributed by atoms with van der Waals surface area (Å²) in [5.41, 5.74) is 2.41. The first-order valence-electron chi connectivity index (χ1n) is 3.61. The summed E-state index contributed by atoms with van der Waals surface area (Å²) in [6.07, 6.45) is 1.37. The molecule has 0 atom stereocenters. The fourth-order valence-corrected chi connectivity index (χ4v) is 1.23. The third kappa shape index (κ3) is 2.51. The number of nitrogens with zero attached hydrogens (tertiary/aromatic N) is 2. The van der Waals surface area contributed by atoms with Crippen LogP contribution in [0.25, 0.3) is 0 Å². The molecule has 1 aromatic heterocycles. The molecule has 0 saturated heterocycles. The lowest BCUT2D eigenvalue weighted by atomic mass is 10.5. The van der Waals surface area contributed by atoms with Crippen LogP contribution >= 0.6 is 15.9 Å². The number of nitrogens with two attached hydrogens (primary N) is 1. The highest BCUT2D eigenvalue weighted by atomic mass is 79.9. The summed E-state index contributed by atoms with van der Waals surface area (Å²) in [7, 11) is 0. The van der Waals surface area contributed by atoms with Gasteiger partial charge in [0.1, 0.15) is 16.6 Å². The van der Waals surface area contributed by atoms with Gasteiger partial charge >= 0.3 is 0 Å². The van der Waals surface area contributed by atoms with Crippen molar-refractivity contribution in [2.45, 2.75) is 0 Å². The lowest BCUT2D eigenvalue weighted by Crippen LogP contribution is -2.12. The van der Waals surface area contributed by atoms with Gasteiger partial charge in [-0.1, -0.05) is 0 Å². The van der Waals surface area contributed by atoms with E-state index in [1.54, 1.807) is 0 Å². The fraction of sp³-hybridized carbons (Fsp3) is 0.333. The molecule has 1 heterocycles. The maximum absolute atomic E-state index is 8.58. The van der Waals surface area contributed by atoms with Gasteiger partial charge in [-0.3, -0.25) is 0 Å². The van der Waals surface area contributed by atoms with Gasteiger partial charge in [-0.05, 0) is 15.9 Å². The number of nitrogen functional groups attached to an aromatic ring is 1. The van der Waals surface area contributed by atoms with Crippen molar-refractivity contribution in [1.82, 2.24) is 9.97 Å². The van der Waals surface area contributed by atoms with Gasteiger partial charge in [-0.15, -0.1) is 0 Å². The van der Waals surface area contributed by atoms with E-state index in [0.717, 1.165) is 0 Å². The van der Waals surface area contributed by atoms with Crippen LogP contribution in [0, 0.1) is 0 Å². The molecule has 0 fully saturated rings. The Balaban J connectivity index is 2.81. The van der Waals surface area contributed by atoms with Crippen LogP contribution in [-0.2, 0) is 0 Å². The first-order valence-corrected chi connectivity index (χ1v) is 4.40. The summed E-state index contributed by atoms with van der Waals surface area (Å²) in [4.78, 5) is 7.82. The van der Waals surface area contributed by atoms with E-state index in [1.165, 1.54) is 6.33 Å². The normalized spacial score (nSPS) is 9.77. The molecule has 7 heteroatoms. The third-order valence-corrected chi connectivity index (χ3v) is 2.08. The minimum Gasteiger partial charge on any atom is -0.395 e. The van der Waals surface area contributed by atoms with Gasteiger partial charge in [-0.25, -0.2) is 15.8 Å². The van der Waals surface area contributed by atoms with Crippen molar-refractivity contribution < 1.29 is 5.11 Å². The summed E-state index contributed by atoms with van der Waals surface area (Å²) < 4.78 is 0.644. The van der Waals surface area contributed by atoms with Crippen molar-refractivity contribution >= 4 is 27.6 Å². The van der Waals surface area contributed by atoms with Crippen molar-refractivity contribution in [3.63, 3.8) is 0 Å². The maximum atomic E-state index is 8.58. The van der Waals surface area contributed by atoms with Gasteiger partial charge in [0.25, 0.3) is 0 Å². The molecule has 13 heavy (non-hydrogen) atoms. The SMILES string of the molecule is NNc1ncnc(NCCO)c1Br. The summed E-state index contributed by atoms with van der Waals surface area (Å²) in [5, 5.41) is 11.5. The highest BCUT2D eigenvalue weighted by molar-refractivity contribution is 9.10. The molecule has 6 nitrogen and oxygen atoms in total. The molecule has 1 aromatic rings. The summed E-state index contributed by atoms with van der Waals surface area (Å²) in [5.74, 6) is 6.29. The Morgan fingerprint density at radius 3 is 2.77 bits per heavy atom. The smallest absolute Gasteiger partial charge is 0.159 e. The van der Waals surface area contributed by atoms with Crippen LogP contribution in [0.15, 0.2) is 10.8 Å². The molecule has 0 aliphatic rings. The van der Waals surface area contributed by atoms with E-state index in [4.69, 9.17) is 10.9 Å². The van der Waals surface area contributed by atoms with E-state index in [1.807, 2.05) is 0 Å². The summed E-state index contributed by atoms with van der Waals surface area (Å²) >= 11 is 3.26. The van der Waals surface area contributed by atoms with Crippen molar-refractivity contribution in [3.05, 3.63) is 10.8 Å². The Labute approximate surface area is 83.7 Å². The standard InChI is InChI=1S/C6H10BrN5O/c7-4-5(9-1-2-13)10-3-11-6(4)12-8/h3,13H,1-2,8H2,(H2,9,10,11,12). The lowest BCUT2D eigenvalue weighted by molar-refractivity contribution is 0.311. The Morgan fingerprint density at radius 1 is 1.46 bits per heavy atom. The van der Waals surface area contributed by atoms with Crippen molar-refractivity contribution in [3.8, 4) is 0 Å². The zero-order valence-electron chi connectivity index (χ0n) is 6.79. The second-order valence-electron chi connectivity index (χ2n) is 2.18. The highest BCUT2D eigenvalue weighted by Gasteiger charge is 2.05. The van der Waals surface area contributed by atoms with Gasteiger partial charge in [-0.2, -0.15) is 0 Å². The molecule has 0 saturated carbocycles. The third-order valence-electron chi connectivity index (χ3n) is 1.33. The minimum atomic E-state index is 0.0435. The summed E-state index contributed by atoms with van der Waals surface area (Å²) in [6, 6.07) is 0. The molecule has 0 bridgehead atoms. The van der Waals surface area contributed by atoms with Crippen LogP contribution in [0.4, 0.5) is 11.6 Å². The number of aliphatic hydroxyl groups excluding tert-OH is 1. The Morgan fingerprint density at radius 2 is 2.15 bits per heavy atom. The summed E-state index contributed by atoms with van der Waals surface area (Å²) in [6.45, 7) is 0.474. The van der Waals surface area contributed by atoms with Gasteiger partial charge in [0, 0.05) is 6.54 Å². The predicted molar refractivity (Wildman–Crippen MR) is 53.1 cm³/mol. The molecular weight excluding hydrogens is 238 g/mol. The fourth-order valence-electron chi connectivity index (χ4n) is 0.768. The molecule has 0 radical (unpaired) electrons. The maximum Gasteiger partial charge on any atom is 0.159 e. The number of aromatic nitrogens is 2. The quantitative estimate of drug-likeness (QED) is 0.440. The van der Waals surface area contributed by atoms with Gasteiger partial charge in [0.15, 0.2) is 5.82 Å². The Hall–Kier alpha value is -0.920. The number of hydrazine groups is 1. The second-order valence-corrected chi connectivity index (χ2v) is 2.97. The number of hydrogen-bond acceptors (Lipinski definition) is 6. The average Bonchev–Trinajstić information content (AvgIpc) is 2.16. The molecular formula is C6H10BrN5O. The molecule has 0 amide bonds. The van der Waals surface area contributed by atoms with Crippen LogP contribution in [0.2, 0.25) is 0 Å². The average molecular weight is 248 g/mol. The number of hydrogen-bond donors (Lipinski definition) is 4. The monoisotopic (exact) mass is 247 g/mol. The molecule has 0 unspecified atom stereocenters. The lowest BCUT2D eigenvalue weighted by Gasteiger charge is -2.07. The Bertz CT molecular complexity index is 282. The van der Waals surface area contributed by atoms with Crippen molar-refractivity contribution in [2.75, 3.05) is 23.9 Å². The first-order chi connectivity index (χ1) is 6.29. The number of halogens is 1. The molecule has 5 N–H and O–H groups in total. The van der Waals surface area contributed by atoms with E-state index >= 15 is 0 Å². The van der Waals surface area contributed by atoms with Crippen LogP contribution in [0.5, 0.6) is 0 Å². The zero-order valence-corrected chi connectivity index (χ0v) is 8.37. The molecule has 0 aliphatic heterocycles. The second kappa shape index (κ2) is 4.95. The molecule has 0 aromatic carbocycles. The van der Waals surface area contributed by atoms with Crippen LogP contribution in [-0.4, -0.2) is 28.2 Å². The van der Waals surface area contributed by atoms with E-state index < -0.39 is 0 Å². The van der Waals surface area contributed by atoms with Crippen LogP contribution in [0.3, 0.4) is 0 Å². The predicted octanol–water partition coefficient (Wildman–Crippen LogP) is -0.0711. The molecule has 0 spiro atoms. The van der Waals surface area contributed by atoms with Crippen molar-refractivity contribution in [1.29, 1.82) is 0 Å². The largest absolute Gasteiger partial charge is 0.395 e. The van der Waals surface area contributed by atoms with Crippen molar-refractivity contribution in [2.24, 2.45) is 5.84 Å².